The summed E-state index contributed by atoms with van der Waals surface area (Å²) in [5, 5.41) is 0.437. The normalized spacial score (nSPS) is 11.0. The van der Waals surface area contributed by atoms with Crippen molar-refractivity contribution in [1.82, 2.24) is 24.1 Å². The molecule has 2 aliphatic rings. The molecule has 0 aromatic carbocycles. The molecular weight excluding hydrogens is 354 g/mol. The lowest BCUT2D eigenvalue weighted by atomic mass is 10.2. The van der Waals surface area contributed by atoms with E-state index in [1.165, 1.54) is 11.7 Å². The molecule has 0 bridgehead atoms. The van der Waals surface area contributed by atoms with Crippen molar-refractivity contribution in [3.8, 4) is 23.2 Å². The summed E-state index contributed by atoms with van der Waals surface area (Å²) in [6, 6.07) is 12.6. The van der Waals surface area contributed by atoms with Gasteiger partial charge in [0.05, 0.1) is 19.3 Å². The molecule has 130 valence electrons. The molecule has 0 spiro atoms. The first-order chi connectivity index (χ1) is 12.7. The molecule has 7 nitrogen and oxygen atoms in total. The molecule has 8 heteroatoms. The van der Waals surface area contributed by atoms with Crippen LogP contribution in [0.5, 0.6) is 5.88 Å². The maximum atomic E-state index is 12.5. The Balaban J connectivity index is 1.78. The summed E-state index contributed by atoms with van der Waals surface area (Å²) < 4.78 is 8.50. The average molecular weight is 368 g/mol. The van der Waals surface area contributed by atoms with Crippen molar-refractivity contribution in [3.63, 3.8) is 0 Å². The Morgan fingerprint density at radius 3 is 2.77 bits per heavy atom. The van der Waals surface area contributed by atoms with Gasteiger partial charge in [-0.3, -0.25) is 0 Å². The number of aromatic nitrogens is 5. The van der Waals surface area contributed by atoms with Crippen LogP contribution in [0.25, 0.3) is 17.3 Å². The molecule has 2 aromatic rings. The molecular formula is C18H14ClN5O2. The van der Waals surface area contributed by atoms with Crippen LogP contribution in [0.1, 0.15) is 5.56 Å². The maximum absolute atomic E-state index is 12.5. The Morgan fingerprint density at radius 1 is 1.12 bits per heavy atom. The quantitative estimate of drug-likeness (QED) is 0.518. The number of nitrogens with zero attached hydrogens (tertiary/aromatic N) is 5. The minimum atomic E-state index is -0.394. The summed E-state index contributed by atoms with van der Waals surface area (Å²) in [5.74, 6) is 1.46. The van der Waals surface area contributed by atoms with E-state index < -0.39 is 5.69 Å². The van der Waals surface area contributed by atoms with Crippen LogP contribution in [-0.2, 0) is 6.54 Å². The summed E-state index contributed by atoms with van der Waals surface area (Å²) in [6.45, 7) is 0.517. The lowest BCUT2D eigenvalue weighted by molar-refractivity contribution is 0.397. The van der Waals surface area contributed by atoms with Crippen LogP contribution in [0.4, 0.5) is 0 Å². The average Bonchev–Trinajstić information content (AvgIpc) is 3.00. The van der Waals surface area contributed by atoms with Gasteiger partial charge in [0, 0.05) is 18.5 Å². The van der Waals surface area contributed by atoms with Crippen molar-refractivity contribution >= 4 is 11.6 Å². The summed E-state index contributed by atoms with van der Waals surface area (Å²) in [5.41, 5.74) is 1.23. The van der Waals surface area contributed by atoms with Gasteiger partial charge in [-0.05, 0) is 29.8 Å². The van der Waals surface area contributed by atoms with Crippen molar-refractivity contribution in [2.45, 2.75) is 6.54 Å². The van der Waals surface area contributed by atoms with E-state index in [1.54, 1.807) is 30.5 Å². The van der Waals surface area contributed by atoms with Gasteiger partial charge in [0.2, 0.25) is 5.88 Å². The predicted octanol–water partition coefficient (Wildman–Crippen LogP) is 2.64. The number of fused-ring (bicyclic) bond motifs is 1. The van der Waals surface area contributed by atoms with Crippen molar-refractivity contribution in [1.29, 1.82) is 0 Å². The van der Waals surface area contributed by atoms with Crippen LogP contribution in [0.15, 0.2) is 59.7 Å². The van der Waals surface area contributed by atoms with Gasteiger partial charge in [-0.15, -0.1) is 0 Å². The van der Waals surface area contributed by atoms with Crippen molar-refractivity contribution < 1.29 is 4.74 Å². The van der Waals surface area contributed by atoms with Gasteiger partial charge in [0.15, 0.2) is 5.82 Å². The largest absolute Gasteiger partial charge is 0.481 e. The number of rotatable bonds is 4. The predicted molar refractivity (Wildman–Crippen MR) is 97.1 cm³/mol. The highest BCUT2D eigenvalue weighted by Crippen LogP contribution is 2.22. The fourth-order valence-electron chi connectivity index (χ4n) is 2.76. The van der Waals surface area contributed by atoms with E-state index in [0.29, 0.717) is 34.9 Å². The van der Waals surface area contributed by atoms with Crippen molar-refractivity contribution in [2.75, 3.05) is 7.11 Å². The second kappa shape index (κ2) is 6.61. The number of ether oxygens (including phenoxy) is 1. The number of methoxy groups -OCH3 is 1. The maximum Gasteiger partial charge on any atom is 0.356 e. The van der Waals surface area contributed by atoms with E-state index in [0.717, 1.165) is 5.56 Å². The van der Waals surface area contributed by atoms with Gasteiger partial charge in [-0.2, -0.15) is 9.97 Å². The summed E-state index contributed by atoms with van der Waals surface area (Å²) in [6.07, 6.45) is 3.57. The molecule has 0 saturated carbocycles. The molecule has 0 radical (unpaired) electrons. The molecule has 2 aliphatic heterocycles. The van der Waals surface area contributed by atoms with E-state index in [1.807, 2.05) is 29.0 Å². The molecule has 0 fully saturated rings. The van der Waals surface area contributed by atoms with Crippen LogP contribution < -0.4 is 10.4 Å². The Morgan fingerprint density at radius 2 is 2.00 bits per heavy atom. The van der Waals surface area contributed by atoms with Gasteiger partial charge in [0.1, 0.15) is 11.0 Å². The zero-order valence-corrected chi connectivity index (χ0v) is 14.6. The summed E-state index contributed by atoms with van der Waals surface area (Å²) in [4.78, 5) is 25.1. The molecule has 0 aliphatic carbocycles. The van der Waals surface area contributed by atoms with E-state index in [-0.39, 0.29) is 0 Å². The van der Waals surface area contributed by atoms with E-state index in [9.17, 15) is 4.79 Å². The Kier molecular flexibility index (Phi) is 4.14. The standard InChI is InChI=1S/C18H14ClN5O2/c1-26-16-6-2-5-15(21-16)24-13-4-3-9-23(17(13)22-18(24)25)11-12-7-8-14(19)20-10-12/h2-10H,11H2,1H3. The highest BCUT2D eigenvalue weighted by Gasteiger charge is 2.19. The fourth-order valence-corrected chi connectivity index (χ4v) is 2.87. The first-order valence-electron chi connectivity index (χ1n) is 7.85. The fraction of sp³-hybridized carbons (Fsp3) is 0.111. The van der Waals surface area contributed by atoms with Crippen LogP contribution >= 0.6 is 11.6 Å². The van der Waals surface area contributed by atoms with Crippen molar-refractivity contribution in [3.05, 3.63) is 76.1 Å². The zero-order chi connectivity index (χ0) is 18.1. The van der Waals surface area contributed by atoms with Gasteiger partial charge in [-0.1, -0.05) is 23.7 Å². The number of imidazole rings is 1. The van der Waals surface area contributed by atoms with Gasteiger partial charge in [0.25, 0.3) is 0 Å². The second-order valence-electron chi connectivity index (χ2n) is 5.60. The molecule has 0 atom stereocenters. The Labute approximate surface area is 153 Å². The smallest absolute Gasteiger partial charge is 0.356 e. The number of halogens is 1. The first-order valence-corrected chi connectivity index (χ1v) is 8.23. The molecule has 4 heterocycles. The van der Waals surface area contributed by atoms with Gasteiger partial charge >= 0.3 is 5.69 Å². The molecule has 0 unspecified atom stereocenters. The minimum absolute atomic E-state index is 0.394. The highest BCUT2D eigenvalue weighted by atomic mass is 35.5. The lowest BCUT2D eigenvalue weighted by Crippen LogP contribution is -2.15. The van der Waals surface area contributed by atoms with E-state index in [4.69, 9.17) is 16.3 Å². The van der Waals surface area contributed by atoms with Crippen LogP contribution in [0.3, 0.4) is 0 Å². The van der Waals surface area contributed by atoms with Crippen LogP contribution in [-0.4, -0.2) is 31.2 Å². The molecule has 2 aromatic heterocycles. The molecule has 0 N–H and O–H groups in total. The Bertz CT molecular complexity index is 1090. The molecule has 26 heavy (non-hydrogen) atoms. The van der Waals surface area contributed by atoms with Crippen LogP contribution in [0.2, 0.25) is 5.15 Å². The third kappa shape index (κ3) is 2.93. The van der Waals surface area contributed by atoms with Gasteiger partial charge < -0.3 is 9.30 Å². The highest BCUT2D eigenvalue weighted by molar-refractivity contribution is 6.29. The second-order valence-corrected chi connectivity index (χ2v) is 5.99. The number of hydrogen-bond donors (Lipinski definition) is 0. The zero-order valence-electron chi connectivity index (χ0n) is 13.8. The van der Waals surface area contributed by atoms with Gasteiger partial charge in [-0.25, -0.2) is 14.3 Å². The SMILES string of the molecule is COc1cccc(-n2c3cccn(Cc4ccc(Cl)nc4)c-3nc2=O)n1. The Hall–Kier alpha value is -3.19. The summed E-state index contributed by atoms with van der Waals surface area (Å²) >= 11 is 5.83. The third-order valence-electron chi connectivity index (χ3n) is 3.94. The lowest BCUT2D eigenvalue weighted by Gasteiger charge is -2.12. The van der Waals surface area contributed by atoms with Crippen molar-refractivity contribution in [2.24, 2.45) is 0 Å². The first kappa shape index (κ1) is 16.3. The van der Waals surface area contributed by atoms with E-state index in [2.05, 4.69) is 15.0 Å². The number of hydrogen-bond acceptors (Lipinski definition) is 5. The third-order valence-corrected chi connectivity index (χ3v) is 4.17. The monoisotopic (exact) mass is 367 g/mol. The van der Waals surface area contributed by atoms with Crippen LogP contribution in [0, 0.1) is 0 Å². The molecule has 4 rings (SSSR count). The number of pyridine rings is 3. The topological polar surface area (TPSA) is 74.8 Å². The molecule has 0 amide bonds. The minimum Gasteiger partial charge on any atom is -0.481 e. The molecule has 0 saturated heterocycles. The van der Waals surface area contributed by atoms with E-state index >= 15 is 0 Å². The summed E-state index contributed by atoms with van der Waals surface area (Å²) in [7, 11) is 1.53.